The minimum atomic E-state index is -0.534. The van der Waals surface area contributed by atoms with E-state index in [0.717, 1.165) is 11.3 Å². The molecule has 1 aliphatic heterocycles. The third kappa shape index (κ3) is 2.96. The van der Waals surface area contributed by atoms with Crippen LogP contribution in [0.2, 0.25) is 0 Å². The van der Waals surface area contributed by atoms with Crippen LogP contribution in [0.1, 0.15) is 31.9 Å². The van der Waals surface area contributed by atoms with Crippen LogP contribution in [0.4, 0.5) is 5.95 Å². The van der Waals surface area contributed by atoms with Crippen molar-refractivity contribution < 1.29 is 19.0 Å². The molecular formula is C17H21N5O4. The normalized spacial score (nSPS) is 15.9. The molecule has 0 bridgehead atoms. The third-order valence-corrected chi connectivity index (χ3v) is 4.16. The molecule has 0 saturated carbocycles. The standard InChI is InChI=1S/C17H21N5O4/c1-5-11-14(16(23)25-4)15(22-17(18-11)19-20-21-22)10-7-8-12(26-6-2)13(9-10)24-3/h7-9,15H,5-6H2,1-4H3,(H,18,19,21)/t15-/m1/s1. The van der Waals surface area contributed by atoms with Crippen molar-refractivity contribution in [1.82, 2.24) is 20.2 Å². The van der Waals surface area contributed by atoms with Gasteiger partial charge in [-0.1, -0.05) is 18.1 Å². The number of carbonyl (C=O) groups excluding carboxylic acids is 1. The molecule has 2 aromatic rings. The summed E-state index contributed by atoms with van der Waals surface area (Å²) >= 11 is 0. The van der Waals surface area contributed by atoms with Gasteiger partial charge in [0.15, 0.2) is 11.5 Å². The van der Waals surface area contributed by atoms with Gasteiger partial charge in [0.2, 0.25) is 5.95 Å². The van der Waals surface area contributed by atoms with Gasteiger partial charge in [-0.2, -0.15) is 4.68 Å². The minimum Gasteiger partial charge on any atom is -0.493 e. The van der Waals surface area contributed by atoms with E-state index in [1.807, 2.05) is 32.0 Å². The minimum absolute atomic E-state index is 0.437. The molecular weight excluding hydrogens is 338 g/mol. The smallest absolute Gasteiger partial charge is 0.338 e. The molecule has 0 spiro atoms. The second-order valence-corrected chi connectivity index (χ2v) is 5.56. The van der Waals surface area contributed by atoms with Gasteiger partial charge in [0.25, 0.3) is 0 Å². The lowest BCUT2D eigenvalue weighted by atomic mass is 9.94. The summed E-state index contributed by atoms with van der Waals surface area (Å²) in [7, 11) is 2.93. The molecule has 1 aromatic carbocycles. The number of esters is 1. The first kappa shape index (κ1) is 17.7. The molecule has 3 rings (SSSR count). The number of fused-ring (bicyclic) bond motifs is 1. The fourth-order valence-electron chi connectivity index (χ4n) is 3.00. The molecule has 138 valence electrons. The van der Waals surface area contributed by atoms with Gasteiger partial charge < -0.3 is 19.5 Å². The molecule has 0 fully saturated rings. The molecule has 0 unspecified atom stereocenters. The fraction of sp³-hybridized carbons (Fsp3) is 0.412. The molecule has 2 heterocycles. The van der Waals surface area contributed by atoms with Gasteiger partial charge in [0.1, 0.15) is 6.04 Å². The van der Waals surface area contributed by atoms with E-state index in [1.54, 1.807) is 11.8 Å². The molecule has 26 heavy (non-hydrogen) atoms. The number of carbonyl (C=O) groups is 1. The van der Waals surface area contributed by atoms with Gasteiger partial charge in [-0.15, -0.1) is 0 Å². The summed E-state index contributed by atoms with van der Waals surface area (Å²) in [6.07, 6.45) is 0.599. The topological polar surface area (TPSA) is 100 Å². The summed E-state index contributed by atoms with van der Waals surface area (Å²) in [5.41, 5.74) is 1.96. The first-order valence-electron chi connectivity index (χ1n) is 8.31. The second kappa shape index (κ2) is 7.42. The lowest BCUT2D eigenvalue weighted by Gasteiger charge is -2.28. The van der Waals surface area contributed by atoms with E-state index in [-0.39, 0.29) is 0 Å². The van der Waals surface area contributed by atoms with Gasteiger partial charge in [0, 0.05) is 5.70 Å². The maximum Gasteiger partial charge on any atom is 0.338 e. The molecule has 0 saturated heterocycles. The van der Waals surface area contributed by atoms with E-state index >= 15 is 0 Å². The largest absolute Gasteiger partial charge is 0.493 e. The van der Waals surface area contributed by atoms with E-state index in [4.69, 9.17) is 14.2 Å². The molecule has 0 aliphatic carbocycles. The van der Waals surface area contributed by atoms with Crippen LogP contribution in [-0.2, 0) is 9.53 Å². The number of ether oxygens (including phenoxy) is 3. The van der Waals surface area contributed by atoms with Gasteiger partial charge >= 0.3 is 5.97 Å². The molecule has 1 atom stereocenters. The van der Waals surface area contributed by atoms with Crippen LogP contribution in [0.15, 0.2) is 29.5 Å². The lowest BCUT2D eigenvalue weighted by Crippen LogP contribution is -2.30. The van der Waals surface area contributed by atoms with Crippen LogP contribution < -0.4 is 14.8 Å². The van der Waals surface area contributed by atoms with Crippen LogP contribution in [0.5, 0.6) is 11.5 Å². The molecule has 9 heteroatoms. The van der Waals surface area contributed by atoms with E-state index in [9.17, 15) is 4.79 Å². The van der Waals surface area contributed by atoms with Crippen LogP contribution in [0.3, 0.4) is 0 Å². The van der Waals surface area contributed by atoms with Gasteiger partial charge in [-0.05, 0) is 41.5 Å². The second-order valence-electron chi connectivity index (χ2n) is 5.56. The zero-order valence-electron chi connectivity index (χ0n) is 15.1. The summed E-state index contributed by atoms with van der Waals surface area (Å²) in [6.45, 7) is 4.37. The number of rotatable bonds is 6. The SMILES string of the molecule is CCOc1ccc([C@@H]2C(C(=O)OC)=C(CC)Nc3nnnn32)cc1OC. The molecule has 9 nitrogen and oxygen atoms in total. The van der Waals surface area contributed by atoms with Crippen molar-refractivity contribution >= 4 is 11.9 Å². The Bertz CT molecular complexity index is 845. The van der Waals surface area contributed by atoms with Crippen molar-refractivity contribution in [1.29, 1.82) is 0 Å². The highest BCUT2D eigenvalue weighted by atomic mass is 16.5. The number of benzene rings is 1. The number of hydrogen-bond donors (Lipinski definition) is 1. The first-order chi connectivity index (χ1) is 12.6. The Hall–Kier alpha value is -3.10. The number of methoxy groups -OCH3 is 2. The summed E-state index contributed by atoms with van der Waals surface area (Å²) in [6, 6.07) is 4.96. The van der Waals surface area contributed by atoms with Crippen LogP contribution >= 0.6 is 0 Å². The summed E-state index contributed by atoms with van der Waals surface area (Å²) in [4.78, 5) is 12.5. The number of nitrogens with zero attached hydrogens (tertiary/aromatic N) is 4. The van der Waals surface area contributed by atoms with Gasteiger partial charge in [0.05, 0.1) is 26.4 Å². The van der Waals surface area contributed by atoms with Gasteiger partial charge in [-0.3, -0.25) is 0 Å². The number of allylic oxidation sites excluding steroid dienone is 1. The maximum atomic E-state index is 12.5. The van der Waals surface area contributed by atoms with Crippen molar-refractivity contribution in [3.8, 4) is 11.5 Å². The zero-order valence-corrected chi connectivity index (χ0v) is 15.1. The van der Waals surface area contributed by atoms with E-state index in [1.165, 1.54) is 7.11 Å². The number of nitrogens with one attached hydrogen (secondary N) is 1. The average molecular weight is 359 g/mol. The average Bonchev–Trinajstić information content (AvgIpc) is 3.14. The zero-order chi connectivity index (χ0) is 18.7. The van der Waals surface area contributed by atoms with E-state index in [2.05, 4.69) is 20.8 Å². The van der Waals surface area contributed by atoms with Gasteiger partial charge in [-0.25, -0.2) is 4.79 Å². The van der Waals surface area contributed by atoms with E-state index < -0.39 is 12.0 Å². The predicted molar refractivity (Wildman–Crippen MR) is 93.1 cm³/mol. The Labute approximate surface area is 150 Å². The van der Waals surface area contributed by atoms with Crippen molar-refractivity contribution in [3.05, 3.63) is 35.0 Å². The number of aromatic nitrogens is 4. The maximum absolute atomic E-state index is 12.5. The highest BCUT2D eigenvalue weighted by Gasteiger charge is 2.35. The quantitative estimate of drug-likeness (QED) is 0.781. The highest BCUT2D eigenvalue weighted by Crippen LogP contribution is 2.39. The number of hydrogen-bond acceptors (Lipinski definition) is 8. The van der Waals surface area contributed by atoms with Crippen LogP contribution in [-0.4, -0.2) is 47.0 Å². The van der Waals surface area contributed by atoms with Crippen molar-refractivity contribution in [3.63, 3.8) is 0 Å². The molecule has 0 amide bonds. The van der Waals surface area contributed by atoms with Crippen LogP contribution in [0, 0.1) is 0 Å². The first-order valence-corrected chi connectivity index (χ1v) is 8.31. The fourth-order valence-corrected chi connectivity index (χ4v) is 3.00. The monoisotopic (exact) mass is 359 g/mol. The molecule has 1 aliphatic rings. The molecule has 1 aromatic heterocycles. The summed E-state index contributed by atoms with van der Waals surface area (Å²) in [5.74, 6) is 1.23. The molecule has 0 radical (unpaired) electrons. The molecule has 1 N–H and O–H groups in total. The van der Waals surface area contributed by atoms with Crippen molar-refractivity contribution in [2.24, 2.45) is 0 Å². The third-order valence-electron chi connectivity index (χ3n) is 4.16. The Kier molecular flexibility index (Phi) is 5.06. The summed E-state index contributed by atoms with van der Waals surface area (Å²) < 4.78 is 17.6. The van der Waals surface area contributed by atoms with Crippen molar-refractivity contribution in [2.45, 2.75) is 26.3 Å². The lowest BCUT2D eigenvalue weighted by molar-refractivity contribution is -0.136. The number of anilines is 1. The Morgan fingerprint density at radius 3 is 2.73 bits per heavy atom. The predicted octanol–water partition coefficient (Wildman–Crippen LogP) is 1.93. The number of tetrazole rings is 1. The summed E-state index contributed by atoms with van der Waals surface area (Å²) in [5, 5.41) is 14.9. The Morgan fingerprint density at radius 2 is 2.08 bits per heavy atom. The van der Waals surface area contributed by atoms with Crippen LogP contribution in [0.25, 0.3) is 0 Å². The Morgan fingerprint density at radius 1 is 1.27 bits per heavy atom. The highest BCUT2D eigenvalue weighted by molar-refractivity contribution is 5.92. The van der Waals surface area contributed by atoms with E-state index in [0.29, 0.717) is 36.0 Å². The Balaban J connectivity index is 2.17. The van der Waals surface area contributed by atoms with Crippen molar-refractivity contribution in [2.75, 3.05) is 26.1 Å².